The third kappa shape index (κ3) is 4.42. The molecule has 0 aliphatic carbocycles. The van der Waals surface area contributed by atoms with Gasteiger partial charge in [-0.3, -0.25) is 0 Å². The SMILES string of the molecule is FC(F)(F)c1cc(NCc2cnc(Cl)s2)cc(C(F)(F)F)c1Cl. The second kappa shape index (κ2) is 6.37. The zero-order chi connectivity index (χ0) is 17.4. The number of nitrogens with zero attached hydrogens (tertiary/aromatic N) is 1. The van der Waals surface area contributed by atoms with Crippen LogP contribution in [0.4, 0.5) is 32.0 Å². The first-order chi connectivity index (χ1) is 10.5. The van der Waals surface area contributed by atoms with Gasteiger partial charge in [0, 0.05) is 16.8 Å². The molecule has 0 radical (unpaired) electrons. The molecule has 0 spiro atoms. The lowest BCUT2D eigenvalue weighted by Crippen LogP contribution is -2.14. The van der Waals surface area contributed by atoms with Gasteiger partial charge in [0.25, 0.3) is 0 Å². The number of thiazole rings is 1. The summed E-state index contributed by atoms with van der Waals surface area (Å²) in [5.74, 6) is 0. The molecule has 0 bridgehead atoms. The van der Waals surface area contributed by atoms with Gasteiger partial charge >= 0.3 is 12.4 Å². The average Bonchev–Trinajstić information content (AvgIpc) is 2.80. The Balaban J connectivity index is 2.39. The van der Waals surface area contributed by atoms with Crippen LogP contribution in [0, 0.1) is 0 Å². The van der Waals surface area contributed by atoms with Crippen molar-refractivity contribution in [2.75, 3.05) is 5.32 Å². The molecule has 0 aliphatic heterocycles. The van der Waals surface area contributed by atoms with Gasteiger partial charge in [0.05, 0.1) is 22.7 Å². The first-order valence-corrected chi connectivity index (χ1v) is 7.37. The van der Waals surface area contributed by atoms with Gasteiger partial charge in [-0.05, 0) is 12.1 Å². The molecule has 1 N–H and O–H groups in total. The Kier molecular flexibility index (Phi) is 5.03. The van der Waals surface area contributed by atoms with E-state index >= 15 is 0 Å². The Morgan fingerprint density at radius 3 is 1.91 bits per heavy atom. The van der Waals surface area contributed by atoms with Gasteiger partial charge in [0.15, 0.2) is 4.47 Å². The van der Waals surface area contributed by atoms with Crippen LogP contribution >= 0.6 is 34.5 Å². The topological polar surface area (TPSA) is 24.9 Å². The minimum Gasteiger partial charge on any atom is -0.380 e. The fourth-order valence-electron chi connectivity index (χ4n) is 1.69. The molecule has 2 nitrogen and oxygen atoms in total. The molecule has 126 valence electrons. The van der Waals surface area contributed by atoms with E-state index in [4.69, 9.17) is 23.2 Å². The minimum atomic E-state index is -5.01. The molecule has 1 aromatic heterocycles. The molecule has 0 unspecified atom stereocenters. The number of halogens is 8. The fraction of sp³-hybridized carbons (Fsp3) is 0.250. The summed E-state index contributed by atoms with van der Waals surface area (Å²) in [6.07, 6.45) is -8.66. The van der Waals surface area contributed by atoms with Gasteiger partial charge in [-0.15, -0.1) is 11.3 Å². The van der Waals surface area contributed by atoms with Crippen molar-refractivity contribution >= 4 is 40.2 Å². The monoisotopic (exact) mass is 394 g/mol. The summed E-state index contributed by atoms with van der Waals surface area (Å²) >= 11 is 11.9. The van der Waals surface area contributed by atoms with Crippen LogP contribution in [-0.4, -0.2) is 4.98 Å². The molecule has 23 heavy (non-hydrogen) atoms. The zero-order valence-corrected chi connectivity index (χ0v) is 13.1. The summed E-state index contributed by atoms with van der Waals surface area (Å²) in [4.78, 5) is 4.27. The van der Waals surface area contributed by atoms with Crippen LogP contribution in [0.1, 0.15) is 16.0 Å². The molecule has 2 aromatic rings. The average molecular weight is 395 g/mol. The smallest absolute Gasteiger partial charge is 0.380 e. The van der Waals surface area contributed by atoms with Gasteiger partial charge in [-0.2, -0.15) is 26.3 Å². The summed E-state index contributed by atoms with van der Waals surface area (Å²) in [6.45, 7) is -0.0272. The molecule has 0 aliphatic rings. The highest BCUT2D eigenvalue weighted by atomic mass is 35.5. The maximum atomic E-state index is 12.9. The largest absolute Gasteiger partial charge is 0.417 e. The van der Waals surface area contributed by atoms with Crippen molar-refractivity contribution in [3.63, 3.8) is 0 Å². The normalized spacial score (nSPS) is 12.5. The number of alkyl halides is 6. The Morgan fingerprint density at radius 1 is 1.00 bits per heavy atom. The number of rotatable bonds is 3. The van der Waals surface area contributed by atoms with Crippen molar-refractivity contribution in [2.24, 2.45) is 0 Å². The lowest BCUT2D eigenvalue weighted by molar-refractivity contribution is -0.142. The highest BCUT2D eigenvalue weighted by Crippen LogP contribution is 2.44. The Labute approximate surface area is 140 Å². The number of hydrogen-bond acceptors (Lipinski definition) is 3. The maximum absolute atomic E-state index is 12.9. The molecular weight excluding hydrogens is 389 g/mol. The third-order valence-electron chi connectivity index (χ3n) is 2.68. The number of aromatic nitrogens is 1. The number of nitrogens with one attached hydrogen (secondary N) is 1. The van der Waals surface area contributed by atoms with Crippen LogP contribution in [0.15, 0.2) is 18.3 Å². The van der Waals surface area contributed by atoms with E-state index in [1.807, 2.05) is 0 Å². The molecule has 0 amide bonds. The van der Waals surface area contributed by atoms with Gasteiger partial charge in [-0.1, -0.05) is 23.2 Å². The summed E-state index contributed by atoms with van der Waals surface area (Å²) in [6, 6.07) is 1.06. The fourth-order valence-corrected chi connectivity index (χ4v) is 2.93. The summed E-state index contributed by atoms with van der Waals surface area (Å²) in [7, 11) is 0. The van der Waals surface area contributed by atoms with Crippen LogP contribution in [0.25, 0.3) is 0 Å². The minimum absolute atomic E-state index is 0.0272. The van der Waals surface area contributed by atoms with Crippen LogP contribution in [0.5, 0.6) is 0 Å². The second-order valence-corrected chi connectivity index (χ2v) is 6.39. The first kappa shape index (κ1) is 18.2. The predicted octanol–water partition coefficient (Wildman–Crippen LogP) is 6.10. The summed E-state index contributed by atoms with van der Waals surface area (Å²) < 4.78 is 77.4. The molecular formula is C12H6Cl2F6N2S. The van der Waals surface area contributed by atoms with Gasteiger partial charge in [0.1, 0.15) is 0 Å². The van der Waals surface area contributed by atoms with E-state index in [0.717, 1.165) is 11.3 Å². The number of anilines is 1. The van der Waals surface area contributed by atoms with Crippen molar-refractivity contribution in [1.82, 2.24) is 4.98 Å². The van der Waals surface area contributed by atoms with Crippen LogP contribution in [-0.2, 0) is 18.9 Å². The van der Waals surface area contributed by atoms with Gasteiger partial charge < -0.3 is 5.32 Å². The third-order valence-corrected chi connectivity index (χ3v) is 4.20. The molecule has 0 fully saturated rings. The van der Waals surface area contributed by atoms with E-state index in [-0.39, 0.29) is 16.7 Å². The maximum Gasteiger partial charge on any atom is 0.417 e. The zero-order valence-electron chi connectivity index (χ0n) is 10.8. The van der Waals surface area contributed by atoms with E-state index < -0.39 is 28.5 Å². The molecule has 0 saturated heterocycles. The van der Waals surface area contributed by atoms with E-state index in [1.54, 1.807) is 0 Å². The van der Waals surface area contributed by atoms with Crippen LogP contribution < -0.4 is 5.32 Å². The Morgan fingerprint density at radius 2 is 1.52 bits per heavy atom. The van der Waals surface area contributed by atoms with Crippen molar-refractivity contribution in [3.8, 4) is 0 Å². The lowest BCUT2D eigenvalue weighted by atomic mass is 10.1. The molecule has 11 heteroatoms. The highest BCUT2D eigenvalue weighted by molar-refractivity contribution is 7.15. The van der Waals surface area contributed by atoms with Crippen LogP contribution in [0.3, 0.4) is 0 Å². The van der Waals surface area contributed by atoms with Crippen molar-refractivity contribution in [1.29, 1.82) is 0 Å². The molecule has 2 rings (SSSR count). The molecule has 1 heterocycles. The highest BCUT2D eigenvalue weighted by Gasteiger charge is 2.41. The van der Waals surface area contributed by atoms with Gasteiger partial charge in [-0.25, -0.2) is 4.98 Å². The quantitative estimate of drug-likeness (QED) is 0.636. The lowest BCUT2D eigenvalue weighted by Gasteiger charge is -2.17. The van der Waals surface area contributed by atoms with Gasteiger partial charge in [0.2, 0.25) is 0 Å². The van der Waals surface area contributed by atoms with Crippen LogP contribution in [0.2, 0.25) is 9.49 Å². The molecule has 1 aromatic carbocycles. The van der Waals surface area contributed by atoms with Crippen molar-refractivity contribution in [3.05, 3.63) is 43.8 Å². The van der Waals surface area contributed by atoms with E-state index in [2.05, 4.69) is 10.3 Å². The second-order valence-electron chi connectivity index (χ2n) is 4.31. The summed E-state index contributed by atoms with van der Waals surface area (Å²) in [5.41, 5.74) is -3.48. The standard InChI is InChI=1S/C12H6Cl2F6N2S/c13-9-7(11(15,16)17)1-5(2-8(9)12(18,19)20)21-3-6-4-22-10(14)23-6/h1-2,4,21H,3H2. The van der Waals surface area contributed by atoms with E-state index in [0.29, 0.717) is 17.0 Å². The van der Waals surface area contributed by atoms with Crippen molar-refractivity contribution < 1.29 is 26.3 Å². The number of benzene rings is 1. The predicted molar refractivity (Wildman–Crippen MR) is 75.9 cm³/mol. The summed E-state index contributed by atoms with van der Waals surface area (Å²) in [5, 5.41) is 1.10. The Bertz CT molecular complexity index is 675. The first-order valence-electron chi connectivity index (χ1n) is 5.80. The molecule has 0 atom stereocenters. The van der Waals surface area contributed by atoms with Crippen molar-refractivity contribution in [2.45, 2.75) is 18.9 Å². The van der Waals surface area contributed by atoms with E-state index in [1.165, 1.54) is 6.20 Å². The Hall–Kier alpha value is -1.19. The van der Waals surface area contributed by atoms with E-state index in [9.17, 15) is 26.3 Å². The molecule has 0 saturated carbocycles. The number of hydrogen-bond donors (Lipinski definition) is 1.